The Morgan fingerprint density at radius 2 is 2.33 bits per heavy atom. The van der Waals surface area contributed by atoms with Crippen molar-refractivity contribution in [2.45, 2.75) is 38.1 Å². The van der Waals surface area contributed by atoms with Gasteiger partial charge < -0.3 is 10.1 Å². The van der Waals surface area contributed by atoms with Gasteiger partial charge in [0.1, 0.15) is 5.82 Å². The third-order valence-electron chi connectivity index (χ3n) is 4.65. The fraction of sp³-hybridized carbons (Fsp3) is 0.444. The number of hydrogen-bond donors (Lipinski definition) is 2. The number of fused-ring (bicyclic) bond motifs is 1. The molecule has 2 N–H and O–H groups in total. The second-order valence-electron chi connectivity index (χ2n) is 6.36. The van der Waals surface area contributed by atoms with Crippen molar-refractivity contribution in [1.82, 2.24) is 10.3 Å². The molecule has 1 atom stereocenters. The second-order valence-corrected chi connectivity index (χ2v) is 7.58. The first-order chi connectivity index (χ1) is 11.8. The fourth-order valence-corrected chi connectivity index (χ4v) is 4.57. The molecule has 0 spiro atoms. The number of nitrogens with zero attached hydrogens (tertiary/aromatic N) is 1. The number of ether oxygens (including phenoxy) is 1. The smallest absolute Gasteiger partial charge is 0.320 e. The summed E-state index contributed by atoms with van der Waals surface area (Å²) >= 11 is 1.82. The zero-order valence-corrected chi connectivity index (χ0v) is 14.3. The van der Waals surface area contributed by atoms with Gasteiger partial charge in [-0.25, -0.2) is 9.78 Å². The number of aryl methyl sites for hydroxylation is 2. The fourth-order valence-electron chi connectivity index (χ4n) is 3.37. The number of amides is 2. The minimum Gasteiger partial charge on any atom is -0.381 e. The van der Waals surface area contributed by atoms with Crippen LogP contribution in [-0.2, 0) is 24.1 Å². The minimum absolute atomic E-state index is 0.212. The van der Waals surface area contributed by atoms with Crippen LogP contribution in [-0.4, -0.2) is 24.2 Å². The average Bonchev–Trinajstić information content (AvgIpc) is 3.30. The Labute approximate surface area is 145 Å². The first-order valence-electron chi connectivity index (χ1n) is 8.47. The maximum Gasteiger partial charge on any atom is 0.320 e. The lowest BCUT2D eigenvalue weighted by Crippen LogP contribution is -2.28. The molecule has 0 aromatic carbocycles. The normalized spacial score (nSPS) is 19.2. The molecule has 0 bridgehead atoms. The molecule has 1 unspecified atom stereocenters. The van der Waals surface area contributed by atoms with E-state index in [0.717, 1.165) is 19.6 Å². The van der Waals surface area contributed by atoms with E-state index in [1.165, 1.54) is 40.1 Å². The van der Waals surface area contributed by atoms with Crippen LogP contribution < -0.4 is 10.6 Å². The van der Waals surface area contributed by atoms with E-state index >= 15 is 0 Å². The summed E-state index contributed by atoms with van der Waals surface area (Å²) in [5, 5.41) is 5.75. The van der Waals surface area contributed by atoms with Gasteiger partial charge in [0.25, 0.3) is 0 Å². The van der Waals surface area contributed by atoms with E-state index in [2.05, 4.69) is 21.7 Å². The van der Waals surface area contributed by atoms with E-state index in [0.29, 0.717) is 18.3 Å². The van der Waals surface area contributed by atoms with Crippen molar-refractivity contribution >= 4 is 23.2 Å². The van der Waals surface area contributed by atoms with Crippen LogP contribution >= 0.6 is 11.3 Å². The van der Waals surface area contributed by atoms with Crippen molar-refractivity contribution in [3.8, 4) is 0 Å². The lowest BCUT2D eigenvalue weighted by Gasteiger charge is -2.10. The second kappa shape index (κ2) is 6.91. The number of carbonyl (C=O) groups excluding carboxylic acids is 1. The summed E-state index contributed by atoms with van der Waals surface area (Å²) in [7, 11) is 0. The zero-order valence-electron chi connectivity index (χ0n) is 13.5. The molecule has 3 heterocycles. The van der Waals surface area contributed by atoms with Crippen molar-refractivity contribution in [1.29, 1.82) is 0 Å². The zero-order chi connectivity index (χ0) is 16.4. The van der Waals surface area contributed by atoms with Gasteiger partial charge in [0.05, 0.1) is 13.2 Å². The van der Waals surface area contributed by atoms with Crippen LogP contribution in [0, 0.1) is 0 Å². The third-order valence-corrected chi connectivity index (χ3v) is 5.88. The summed E-state index contributed by atoms with van der Waals surface area (Å²) in [5.41, 5.74) is 2.64. The van der Waals surface area contributed by atoms with Gasteiger partial charge >= 0.3 is 6.03 Å². The van der Waals surface area contributed by atoms with Crippen LogP contribution in [0.25, 0.3) is 0 Å². The molecule has 126 valence electrons. The van der Waals surface area contributed by atoms with Crippen molar-refractivity contribution < 1.29 is 9.53 Å². The Balaban J connectivity index is 1.33. The van der Waals surface area contributed by atoms with Crippen LogP contribution in [0.15, 0.2) is 24.4 Å². The standard InChI is InChI=1S/C18H21N3O2S/c22-18(20-10-15-8-13-2-1-3-16(13)24-15)21-17-9-12(4-6-19-17)14-5-7-23-11-14/h4,6,8-9,14H,1-3,5,7,10-11H2,(H2,19,20,21,22). The van der Waals surface area contributed by atoms with Gasteiger partial charge in [-0.1, -0.05) is 0 Å². The largest absolute Gasteiger partial charge is 0.381 e. The molecule has 1 fully saturated rings. The quantitative estimate of drug-likeness (QED) is 0.894. The number of thiophene rings is 1. The monoisotopic (exact) mass is 343 g/mol. The topological polar surface area (TPSA) is 63.2 Å². The van der Waals surface area contributed by atoms with Crippen molar-refractivity contribution in [3.05, 3.63) is 45.3 Å². The Hall–Kier alpha value is -1.92. The molecule has 5 nitrogen and oxygen atoms in total. The third kappa shape index (κ3) is 3.44. The van der Waals surface area contributed by atoms with Crippen molar-refractivity contribution in [2.75, 3.05) is 18.5 Å². The maximum atomic E-state index is 12.1. The van der Waals surface area contributed by atoms with E-state index in [9.17, 15) is 4.79 Å². The van der Waals surface area contributed by atoms with Gasteiger partial charge in [-0.2, -0.15) is 0 Å². The van der Waals surface area contributed by atoms with Crippen LogP contribution in [0.1, 0.15) is 39.6 Å². The average molecular weight is 343 g/mol. The molecule has 2 aromatic heterocycles. The number of pyridine rings is 1. The number of carbonyl (C=O) groups is 1. The maximum absolute atomic E-state index is 12.1. The number of hydrogen-bond acceptors (Lipinski definition) is 4. The highest BCUT2D eigenvalue weighted by atomic mass is 32.1. The summed E-state index contributed by atoms with van der Waals surface area (Å²) in [6.45, 7) is 2.12. The van der Waals surface area contributed by atoms with Gasteiger partial charge in [0, 0.05) is 28.5 Å². The Morgan fingerprint density at radius 3 is 3.17 bits per heavy atom. The van der Waals surface area contributed by atoms with Gasteiger partial charge in [-0.3, -0.25) is 5.32 Å². The van der Waals surface area contributed by atoms with Gasteiger partial charge in [-0.05, 0) is 55.0 Å². The number of aromatic nitrogens is 1. The summed E-state index contributed by atoms with van der Waals surface area (Å²) in [5.74, 6) is 0.996. The summed E-state index contributed by atoms with van der Waals surface area (Å²) in [6, 6.07) is 5.95. The van der Waals surface area contributed by atoms with E-state index in [-0.39, 0.29) is 6.03 Å². The van der Waals surface area contributed by atoms with Crippen LogP contribution in [0.2, 0.25) is 0 Å². The molecule has 2 aliphatic rings. The van der Waals surface area contributed by atoms with E-state index < -0.39 is 0 Å². The predicted octanol–water partition coefficient (Wildman–Crippen LogP) is 3.46. The SMILES string of the molecule is O=C(NCc1cc2c(s1)CCC2)Nc1cc(C2CCOC2)ccn1. The molecule has 24 heavy (non-hydrogen) atoms. The van der Waals surface area contributed by atoms with Gasteiger partial charge in [0.15, 0.2) is 0 Å². The number of urea groups is 1. The highest BCUT2D eigenvalue weighted by Crippen LogP contribution is 2.30. The first-order valence-corrected chi connectivity index (χ1v) is 9.28. The summed E-state index contributed by atoms with van der Waals surface area (Å²) in [6.07, 6.45) is 6.41. The lowest BCUT2D eigenvalue weighted by atomic mass is 10.00. The molecule has 0 saturated carbocycles. The Bertz CT molecular complexity index is 716. The molecule has 2 aromatic rings. The van der Waals surface area contributed by atoms with E-state index in [1.807, 2.05) is 23.5 Å². The molecule has 2 amide bonds. The molecule has 1 aliphatic heterocycles. The molecule has 0 radical (unpaired) electrons. The minimum atomic E-state index is -0.212. The van der Waals surface area contributed by atoms with Crippen LogP contribution in [0.5, 0.6) is 0 Å². The molecular weight excluding hydrogens is 322 g/mol. The van der Waals surface area contributed by atoms with Gasteiger partial charge in [0.2, 0.25) is 0 Å². The molecular formula is C18H21N3O2S. The van der Waals surface area contributed by atoms with E-state index in [4.69, 9.17) is 4.74 Å². The molecule has 4 rings (SSSR count). The summed E-state index contributed by atoms with van der Waals surface area (Å²) in [4.78, 5) is 19.1. The number of anilines is 1. The van der Waals surface area contributed by atoms with Crippen LogP contribution in [0.3, 0.4) is 0 Å². The highest BCUT2D eigenvalue weighted by molar-refractivity contribution is 7.12. The Morgan fingerprint density at radius 1 is 1.38 bits per heavy atom. The first kappa shape index (κ1) is 15.6. The molecule has 1 saturated heterocycles. The summed E-state index contributed by atoms with van der Waals surface area (Å²) < 4.78 is 5.43. The predicted molar refractivity (Wildman–Crippen MR) is 94.6 cm³/mol. The molecule has 6 heteroatoms. The number of rotatable bonds is 4. The van der Waals surface area contributed by atoms with Gasteiger partial charge in [-0.15, -0.1) is 11.3 Å². The highest BCUT2D eigenvalue weighted by Gasteiger charge is 2.18. The number of nitrogens with one attached hydrogen (secondary N) is 2. The molecule has 1 aliphatic carbocycles. The lowest BCUT2D eigenvalue weighted by molar-refractivity contribution is 0.194. The van der Waals surface area contributed by atoms with E-state index in [1.54, 1.807) is 6.20 Å². The van der Waals surface area contributed by atoms with Crippen molar-refractivity contribution in [2.24, 2.45) is 0 Å². The van der Waals surface area contributed by atoms with Crippen LogP contribution in [0.4, 0.5) is 10.6 Å². The Kier molecular flexibility index (Phi) is 4.49. The van der Waals surface area contributed by atoms with Crippen molar-refractivity contribution in [3.63, 3.8) is 0 Å².